The summed E-state index contributed by atoms with van der Waals surface area (Å²) in [5.41, 5.74) is 7.00. The molecule has 0 aliphatic heterocycles. The Labute approximate surface area is 254 Å². The summed E-state index contributed by atoms with van der Waals surface area (Å²) in [5, 5.41) is 15.8. The minimum absolute atomic E-state index is 0.0287. The number of nitrogens with zero attached hydrogens (tertiary/aromatic N) is 4. The Balaban J connectivity index is 1.65. The van der Waals surface area contributed by atoms with Crippen molar-refractivity contribution in [2.75, 3.05) is 18.0 Å². The van der Waals surface area contributed by atoms with Crippen LogP contribution in [0.4, 0.5) is 11.4 Å². The minimum Gasteiger partial charge on any atom is -0.495 e. The van der Waals surface area contributed by atoms with Crippen molar-refractivity contribution in [2.24, 2.45) is 5.10 Å². The van der Waals surface area contributed by atoms with Gasteiger partial charge in [-0.2, -0.15) is 5.10 Å². The first kappa shape index (κ1) is 31.3. The molecule has 1 heterocycles. The molecule has 0 saturated heterocycles. The molecule has 0 fully saturated rings. The summed E-state index contributed by atoms with van der Waals surface area (Å²) >= 11 is 6.18. The second kappa shape index (κ2) is 12.7. The summed E-state index contributed by atoms with van der Waals surface area (Å²) in [6.45, 7) is 6.67. The third-order valence-electron chi connectivity index (χ3n) is 6.82. The third kappa shape index (κ3) is 6.71. The maximum absolute atomic E-state index is 13.9. The molecule has 224 valence electrons. The van der Waals surface area contributed by atoms with E-state index < -0.39 is 27.4 Å². The maximum Gasteiger partial charge on any atom is 0.273 e. The fourth-order valence-electron chi connectivity index (χ4n) is 4.58. The lowest BCUT2D eigenvalue weighted by Crippen LogP contribution is -2.39. The number of sulfonamides is 1. The van der Waals surface area contributed by atoms with E-state index in [0.717, 1.165) is 38.6 Å². The van der Waals surface area contributed by atoms with Gasteiger partial charge in [0.05, 0.1) is 28.8 Å². The number of halogens is 1. The van der Waals surface area contributed by atoms with E-state index in [1.165, 1.54) is 50.6 Å². The van der Waals surface area contributed by atoms with Gasteiger partial charge < -0.3 is 9.30 Å². The molecule has 0 atom stereocenters. The number of amides is 1. The molecule has 13 heteroatoms. The molecule has 0 radical (unpaired) electrons. The Morgan fingerprint density at radius 3 is 2.42 bits per heavy atom. The molecule has 43 heavy (non-hydrogen) atoms. The van der Waals surface area contributed by atoms with Crippen LogP contribution in [0.15, 0.2) is 76.7 Å². The number of carbonyl (C=O) groups is 1. The number of anilines is 1. The van der Waals surface area contributed by atoms with Gasteiger partial charge in [0.15, 0.2) is 0 Å². The molecule has 0 aliphatic carbocycles. The van der Waals surface area contributed by atoms with Crippen LogP contribution in [0.1, 0.15) is 28.1 Å². The molecule has 0 unspecified atom stereocenters. The summed E-state index contributed by atoms with van der Waals surface area (Å²) in [7, 11) is -3.18. The molecule has 0 spiro atoms. The Kier molecular flexibility index (Phi) is 9.22. The van der Waals surface area contributed by atoms with E-state index in [1.807, 2.05) is 51.1 Å². The highest BCUT2D eigenvalue weighted by atomic mass is 35.5. The molecule has 1 aromatic heterocycles. The zero-order valence-electron chi connectivity index (χ0n) is 24.2. The molecule has 4 rings (SSSR count). The van der Waals surface area contributed by atoms with Crippen LogP contribution in [0.25, 0.3) is 5.69 Å². The molecular weight excluding hydrogens is 594 g/mol. The molecular formula is C30H30ClN5O6S. The smallest absolute Gasteiger partial charge is 0.273 e. The zero-order chi connectivity index (χ0) is 31.5. The fraction of sp³-hybridized carbons (Fsp3) is 0.200. The van der Waals surface area contributed by atoms with Crippen molar-refractivity contribution in [1.82, 2.24) is 9.99 Å². The molecule has 1 N–H and O–H groups in total. The average Bonchev–Trinajstić information content (AvgIpc) is 3.24. The number of rotatable bonds is 10. The molecule has 0 bridgehead atoms. The number of ether oxygens (including phenoxy) is 1. The summed E-state index contributed by atoms with van der Waals surface area (Å²) < 4.78 is 35.9. The molecule has 1 amide bonds. The third-order valence-corrected chi connectivity index (χ3v) is 8.81. The van der Waals surface area contributed by atoms with Crippen LogP contribution in [0, 0.1) is 37.8 Å². The number of nitro groups is 1. The minimum atomic E-state index is -4.52. The van der Waals surface area contributed by atoms with Crippen molar-refractivity contribution in [3.8, 4) is 11.4 Å². The highest BCUT2D eigenvalue weighted by Crippen LogP contribution is 2.35. The number of carbonyl (C=O) groups excluding carboxylic acids is 1. The van der Waals surface area contributed by atoms with Gasteiger partial charge in [0.1, 0.15) is 12.3 Å². The Bertz CT molecular complexity index is 1830. The lowest BCUT2D eigenvalue weighted by atomic mass is 10.2. The standard InChI is InChI=1S/C30H30ClN5O6S/c1-19-6-10-25(11-7-19)35-21(3)14-23(22(35)4)17-32-33-30(37)18-34(28-15-24(31)9-13-29(28)42-5)43(40,41)26-12-8-20(2)27(16-26)36(38)39/h6-17H,18H2,1-5H3,(H,33,37)/b32-17-. The quantitative estimate of drug-likeness (QED) is 0.138. The summed E-state index contributed by atoms with van der Waals surface area (Å²) in [6.07, 6.45) is 1.48. The van der Waals surface area contributed by atoms with Gasteiger partial charge in [-0.05, 0) is 70.2 Å². The topological polar surface area (TPSA) is 136 Å². The fourth-order valence-corrected chi connectivity index (χ4v) is 6.19. The first-order valence-electron chi connectivity index (χ1n) is 13.0. The largest absolute Gasteiger partial charge is 0.495 e. The number of hydrogen-bond donors (Lipinski definition) is 1. The van der Waals surface area contributed by atoms with Crippen molar-refractivity contribution < 1.29 is 22.9 Å². The predicted molar refractivity (Wildman–Crippen MR) is 166 cm³/mol. The molecule has 3 aromatic carbocycles. The van der Waals surface area contributed by atoms with E-state index in [2.05, 4.69) is 15.1 Å². The van der Waals surface area contributed by atoms with Gasteiger partial charge in [-0.1, -0.05) is 35.4 Å². The number of benzene rings is 3. The number of aryl methyl sites for hydroxylation is 3. The Morgan fingerprint density at radius 1 is 1.07 bits per heavy atom. The molecule has 4 aromatic rings. The second-order valence-corrected chi connectivity index (χ2v) is 12.1. The van der Waals surface area contributed by atoms with Crippen LogP contribution in [-0.2, 0) is 14.8 Å². The van der Waals surface area contributed by atoms with Crippen LogP contribution in [0.5, 0.6) is 5.75 Å². The normalized spacial score (nSPS) is 11.5. The van der Waals surface area contributed by atoms with Crippen molar-refractivity contribution in [1.29, 1.82) is 0 Å². The Hall–Kier alpha value is -4.68. The van der Waals surface area contributed by atoms with Gasteiger partial charge in [-0.3, -0.25) is 19.2 Å². The first-order valence-corrected chi connectivity index (χ1v) is 14.8. The number of nitro benzene ring substituents is 1. The van der Waals surface area contributed by atoms with Crippen molar-refractivity contribution in [3.05, 3.63) is 110 Å². The second-order valence-electron chi connectivity index (χ2n) is 9.82. The number of hydrogen-bond acceptors (Lipinski definition) is 7. The van der Waals surface area contributed by atoms with Gasteiger partial charge in [0.25, 0.3) is 21.6 Å². The van der Waals surface area contributed by atoms with Gasteiger partial charge in [0.2, 0.25) is 0 Å². The monoisotopic (exact) mass is 623 g/mol. The molecule has 11 nitrogen and oxygen atoms in total. The van der Waals surface area contributed by atoms with Gasteiger partial charge in [0, 0.05) is 39.3 Å². The highest BCUT2D eigenvalue weighted by molar-refractivity contribution is 7.92. The summed E-state index contributed by atoms with van der Waals surface area (Å²) in [5.74, 6) is -0.648. The van der Waals surface area contributed by atoms with Crippen LogP contribution in [0.2, 0.25) is 5.02 Å². The molecule has 0 aliphatic rings. The average molecular weight is 624 g/mol. The maximum atomic E-state index is 13.9. The van der Waals surface area contributed by atoms with E-state index in [1.54, 1.807) is 0 Å². The lowest BCUT2D eigenvalue weighted by molar-refractivity contribution is -0.385. The molecule has 0 saturated carbocycles. The van der Waals surface area contributed by atoms with Crippen LogP contribution < -0.4 is 14.5 Å². The van der Waals surface area contributed by atoms with E-state index in [0.29, 0.717) is 0 Å². The lowest BCUT2D eigenvalue weighted by Gasteiger charge is -2.25. The van der Waals surface area contributed by atoms with Gasteiger partial charge in [-0.15, -0.1) is 0 Å². The highest BCUT2D eigenvalue weighted by Gasteiger charge is 2.31. The van der Waals surface area contributed by atoms with Crippen LogP contribution in [0.3, 0.4) is 0 Å². The van der Waals surface area contributed by atoms with E-state index in [-0.39, 0.29) is 32.6 Å². The van der Waals surface area contributed by atoms with Crippen LogP contribution >= 0.6 is 11.6 Å². The summed E-state index contributed by atoms with van der Waals surface area (Å²) in [4.78, 5) is 23.6. The van der Waals surface area contributed by atoms with Gasteiger partial charge in [-0.25, -0.2) is 13.8 Å². The SMILES string of the molecule is COc1ccc(Cl)cc1N(CC(=O)N/N=C\c1cc(C)n(-c2ccc(C)cc2)c1C)S(=O)(=O)c1ccc(C)c([N+](=O)[O-])c1. The van der Waals surface area contributed by atoms with E-state index in [9.17, 15) is 23.3 Å². The van der Waals surface area contributed by atoms with Gasteiger partial charge >= 0.3 is 0 Å². The summed E-state index contributed by atoms with van der Waals surface area (Å²) in [6, 6.07) is 17.8. The Morgan fingerprint density at radius 2 is 1.77 bits per heavy atom. The number of aromatic nitrogens is 1. The van der Waals surface area contributed by atoms with Crippen molar-refractivity contribution in [3.63, 3.8) is 0 Å². The van der Waals surface area contributed by atoms with Crippen molar-refractivity contribution in [2.45, 2.75) is 32.6 Å². The first-order chi connectivity index (χ1) is 20.3. The van der Waals surface area contributed by atoms with E-state index >= 15 is 0 Å². The number of methoxy groups -OCH3 is 1. The zero-order valence-corrected chi connectivity index (χ0v) is 25.7. The van der Waals surface area contributed by atoms with Crippen LogP contribution in [-0.4, -0.2) is 43.7 Å². The number of hydrazone groups is 1. The number of nitrogens with one attached hydrogen (secondary N) is 1. The van der Waals surface area contributed by atoms with Crippen molar-refractivity contribution >= 4 is 45.1 Å². The predicted octanol–water partition coefficient (Wildman–Crippen LogP) is 5.63. The van der Waals surface area contributed by atoms with E-state index in [4.69, 9.17) is 16.3 Å².